The Morgan fingerprint density at radius 2 is 1.75 bits per heavy atom. The van der Waals surface area contributed by atoms with Gasteiger partial charge in [0, 0.05) is 27.7 Å². The molecule has 0 bridgehead atoms. The standard InChI is InChI=1S/C2H3Cl.Hg/c1-2-3;/h2H,1H2;. The fourth-order valence-electron chi connectivity index (χ4n) is 0. The van der Waals surface area contributed by atoms with Crippen molar-refractivity contribution in [2.24, 2.45) is 0 Å². The normalized spacial score (nSPS) is 3.25. The molecule has 0 nitrogen and oxygen atoms in total. The van der Waals surface area contributed by atoms with Crippen LogP contribution in [0.1, 0.15) is 0 Å². The molecule has 0 unspecified atom stereocenters. The van der Waals surface area contributed by atoms with Crippen LogP contribution in [0.15, 0.2) is 12.1 Å². The van der Waals surface area contributed by atoms with Crippen molar-refractivity contribution < 1.29 is 27.7 Å². The zero-order chi connectivity index (χ0) is 2.71. The SMILES string of the molecule is C=CCl.[Hg]. The molecule has 0 N–H and O–H groups in total. The van der Waals surface area contributed by atoms with Gasteiger partial charge in [0.05, 0.1) is 0 Å². The molecule has 0 heterocycles. The Labute approximate surface area is 51.3 Å². The quantitative estimate of drug-likeness (QED) is 0.579. The fraction of sp³-hybridized carbons (Fsp3) is 0. The van der Waals surface area contributed by atoms with Crippen molar-refractivity contribution in [3.05, 3.63) is 12.1 Å². The third-order valence-electron chi connectivity index (χ3n) is 0. The molecule has 0 fully saturated rings. The minimum absolute atomic E-state index is 0. The van der Waals surface area contributed by atoms with E-state index in [0.29, 0.717) is 0 Å². The van der Waals surface area contributed by atoms with E-state index in [-0.39, 0.29) is 27.7 Å². The minimum atomic E-state index is 0. The van der Waals surface area contributed by atoms with Crippen molar-refractivity contribution in [2.75, 3.05) is 0 Å². The average molecular weight is 263 g/mol. The van der Waals surface area contributed by atoms with Crippen LogP contribution < -0.4 is 0 Å². The van der Waals surface area contributed by atoms with Gasteiger partial charge in [-0.2, -0.15) is 0 Å². The summed E-state index contributed by atoms with van der Waals surface area (Å²) in [6.45, 7) is 3.13. The fourth-order valence-corrected chi connectivity index (χ4v) is 0. The topological polar surface area (TPSA) is 0 Å². The van der Waals surface area contributed by atoms with E-state index in [2.05, 4.69) is 6.58 Å². The summed E-state index contributed by atoms with van der Waals surface area (Å²) in [5, 5.41) is 0. The van der Waals surface area contributed by atoms with Crippen molar-refractivity contribution in [1.82, 2.24) is 0 Å². The Kier molecular flexibility index (Phi) is 20.0. The van der Waals surface area contributed by atoms with Crippen molar-refractivity contribution in [3.8, 4) is 0 Å². The molecule has 0 saturated heterocycles. The van der Waals surface area contributed by atoms with Crippen molar-refractivity contribution in [2.45, 2.75) is 0 Å². The maximum atomic E-state index is 4.76. The Hall–Kier alpha value is 0.965. The third-order valence-corrected chi connectivity index (χ3v) is 0. The molecule has 0 aromatic heterocycles. The molecule has 2 heteroatoms. The van der Waals surface area contributed by atoms with Crippen LogP contribution >= 0.6 is 11.6 Å². The first kappa shape index (κ1) is 8.88. The van der Waals surface area contributed by atoms with E-state index in [1.54, 1.807) is 0 Å². The Bertz CT molecular complexity index is 13.5. The molecular weight excluding hydrogens is 260 g/mol. The number of halogens is 1. The molecule has 0 spiro atoms. The van der Waals surface area contributed by atoms with Crippen molar-refractivity contribution in [1.29, 1.82) is 0 Å². The molecule has 0 amide bonds. The van der Waals surface area contributed by atoms with E-state index in [4.69, 9.17) is 11.6 Å². The number of rotatable bonds is 0. The third kappa shape index (κ3) is 12.3. The largest absolute Gasteiger partial charge is 0.0936 e. The maximum absolute atomic E-state index is 4.76. The molecule has 0 rings (SSSR count). The Morgan fingerprint density at radius 3 is 1.75 bits per heavy atom. The molecule has 0 saturated carbocycles. The van der Waals surface area contributed by atoms with Gasteiger partial charge >= 0.3 is 0 Å². The summed E-state index contributed by atoms with van der Waals surface area (Å²) in [6, 6.07) is 0. The summed E-state index contributed by atoms with van der Waals surface area (Å²) in [7, 11) is 0. The van der Waals surface area contributed by atoms with Crippen LogP contribution in [0.3, 0.4) is 0 Å². The van der Waals surface area contributed by atoms with Crippen LogP contribution in [0.25, 0.3) is 0 Å². The molecule has 0 atom stereocenters. The van der Waals surface area contributed by atoms with Gasteiger partial charge in [0.15, 0.2) is 0 Å². The van der Waals surface area contributed by atoms with Gasteiger partial charge in [-0.15, -0.1) is 0 Å². The van der Waals surface area contributed by atoms with Gasteiger partial charge in [0.1, 0.15) is 0 Å². The van der Waals surface area contributed by atoms with Gasteiger partial charge in [-0.3, -0.25) is 0 Å². The summed E-state index contributed by atoms with van der Waals surface area (Å²) in [5.41, 5.74) is 1.22. The van der Waals surface area contributed by atoms with Crippen LogP contribution in [-0.4, -0.2) is 0 Å². The zero-order valence-electron chi connectivity index (χ0n) is 2.37. The van der Waals surface area contributed by atoms with E-state index in [9.17, 15) is 0 Å². The number of hydrogen-bond donors (Lipinski definition) is 0. The molecule has 0 aromatic rings. The van der Waals surface area contributed by atoms with Gasteiger partial charge in [0.25, 0.3) is 0 Å². The zero-order valence-corrected chi connectivity index (χ0v) is 8.62. The monoisotopic (exact) mass is 264 g/mol. The summed E-state index contributed by atoms with van der Waals surface area (Å²) in [4.78, 5) is 0. The molecule has 0 aliphatic carbocycles. The molecule has 20 valence electrons. The second kappa shape index (κ2) is 9.03. The molecular formula is C2H3ClHg. The number of hydrogen-bond acceptors (Lipinski definition) is 0. The Morgan fingerprint density at radius 1 is 1.75 bits per heavy atom. The summed E-state index contributed by atoms with van der Waals surface area (Å²) in [5.74, 6) is 0. The summed E-state index contributed by atoms with van der Waals surface area (Å²) >= 11 is 4.76. The molecule has 0 aliphatic rings. The van der Waals surface area contributed by atoms with Crippen LogP contribution in [-0.2, 0) is 27.7 Å². The molecule has 4 heavy (non-hydrogen) atoms. The summed E-state index contributed by atoms with van der Waals surface area (Å²) in [6.07, 6.45) is 0. The van der Waals surface area contributed by atoms with E-state index in [1.165, 1.54) is 5.54 Å². The van der Waals surface area contributed by atoms with Crippen LogP contribution in [0.5, 0.6) is 0 Å². The van der Waals surface area contributed by atoms with Crippen LogP contribution in [0.4, 0.5) is 0 Å². The van der Waals surface area contributed by atoms with E-state index in [0.717, 1.165) is 0 Å². The van der Waals surface area contributed by atoms with Crippen molar-refractivity contribution in [3.63, 3.8) is 0 Å². The van der Waals surface area contributed by atoms with E-state index in [1.807, 2.05) is 0 Å². The van der Waals surface area contributed by atoms with Gasteiger partial charge in [-0.05, 0) is 5.54 Å². The van der Waals surface area contributed by atoms with Gasteiger partial charge in [-0.25, -0.2) is 0 Å². The van der Waals surface area contributed by atoms with Crippen molar-refractivity contribution >= 4 is 11.6 Å². The van der Waals surface area contributed by atoms with Gasteiger partial charge < -0.3 is 0 Å². The summed E-state index contributed by atoms with van der Waals surface area (Å²) < 4.78 is 0. The van der Waals surface area contributed by atoms with Crippen LogP contribution in [0.2, 0.25) is 0 Å². The second-order valence-corrected chi connectivity index (χ2v) is 0.463. The maximum Gasteiger partial charge on any atom is 0 e. The molecule has 0 aromatic carbocycles. The minimum Gasteiger partial charge on any atom is -0.0936 e. The predicted octanol–water partition coefficient (Wildman–Crippen LogP) is 1.37. The van der Waals surface area contributed by atoms with E-state index >= 15 is 0 Å². The Balaban J connectivity index is 0. The second-order valence-electron chi connectivity index (χ2n) is 0.154. The molecule has 0 radical (unpaired) electrons. The first-order chi connectivity index (χ1) is 1.41. The van der Waals surface area contributed by atoms with E-state index < -0.39 is 0 Å². The predicted molar refractivity (Wildman–Crippen MR) is 16.1 cm³/mol. The first-order valence-corrected chi connectivity index (χ1v) is 1.06. The smallest absolute Gasteiger partial charge is 0 e. The van der Waals surface area contributed by atoms with Crippen LogP contribution in [0, 0.1) is 0 Å². The molecule has 0 aliphatic heterocycles. The van der Waals surface area contributed by atoms with Gasteiger partial charge in [0.2, 0.25) is 0 Å². The first-order valence-electron chi connectivity index (χ1n) is 0.626. The average Bonchev–Trinajstić information content (AvgIpc) is 0.918. The van der Waals surface area contributed by atoms with Gasteiger partial charge in [-0.1, -0.05) is 18.2 Å².